The third-order valence-electron chi connectivity index (χ3n) is 3.20. The topological polar surface area (TPSA) is 49.4 Å². The Labute approximate surface area is 123 Å². The molecular weight excluding hydrogens is 307 g/mol. The van der Waals surface area contributed by atoms with Crippen LogP contribution in [0.3, 0.4) is 0 Å². The van der Waals surface area contributed by atoms with Gasteiger partial charge >= 0.3 is 0 Å². The van der Waals surface area contributed by atoms with Gasteiger partial charge in [-0.2, -0.15) is 4.31 Å². The third-order valence-corrected chi connectivity index (χ3v) is 6.29. The van der Waals surface area contributed by atoms with E-state index in [0.29, 0.717) is 13.1 Å². The molecule has 2 unspecified atom stereocenters. The lowest BCUT2D eigenvalue weighted by Gasteiger charge is -2.38. The molecule has 1 aromatic carbocycles. The number of hydrogen-bond donors (Lipinski definition) is 1. The van der Waals surface area contributed by atoms with Crippen molar-refractivity contribution < 1.29 is 8.42 Å². The van der Waals surface area contributed by atoms with Crippen molar-refractivity contribution in [3.63, 3.8) is 0 Å². The molecule has 0 bridgehead atoms. The van der Waals surface area contributed by atoms with Crippen LogP contribution in [-0.2, 0) is 10.0 Å². The van der Waals surface area contributed by atoms with Crippen LogP contribution >= 0.6 is 23.2 Å². The molecule has 2 rings (SSSR count). The Hall–Kier alpha value is -0.330. The van der Waals surface area contributed by atoms with E-state index in [0.717, 1.165) is 0 Å². The predicted molar refractivity (Wildman–Crippen MR) is 77.3 cm³/mol. The number of hydrogen-bond acceptors (Lipinski definition) is 3. The van der Waals surface area contributed by atoms with Gasteiger partial charge in [-0.25, -0.2) is 8.42 Å². The summed E-state index contributed by atoms with van der Waals surface area (Å²) in [7, 11) is -3.69. The first kappa shape index (κ1) is 15.1. The molecule has 7 heteroatoms. The zero-order valence-corrected chi connectivity index (χ0v) is 13.1. The zero-order chi connectivity index (χ0) is 14.2. The molecule has 19 heavy (non-hydrogen) atoms. The molecule has 0 radical (unpaired) electrons. The minimum Gasteiger partial charge on any atom is -0.314 e. The maximum Gasteiger partial charge on any atom is 0.246 e. The average Bonchev–Trinajstić information content (AvgIpc) is 2.27. The summed E-state index contributed by atoms with van der Waals surface area (Å²) in [5.74, 6) is 0. The van der Waals surface area contributed by atoms with Crippen molar-refractivity contribution in [2.75, 3.05) is 13.1 Å². The van der Waals surface area contributed by atoms with Crippen LogP contribution in [0.15, 0.2) is 23.1 Å². The van der Waals surface area contributed by atoms with Gasteiger partial charge in [0.1, 0.15) is 4.90 Å². The van der Waals surface area contributed by atoms with Crippen LogP contribution in [0.4, 0.5) is 0 Å². The van der Waals surface area contributed by atoms with Gasteiger partial charge in [0.15, 0.2) is 0 Å². The summed E-state index contributed by atoms with van der Waals surface area (Å²) in [6.07, 6.45) is 0. The van der Waals surface area contributed by atoms with Crippen molar-refractivity contribution in [2.24, 2.45) is 0 Å². The predicted octanol–water partition coefficient (Wildman–Crippen LogP) is 2.36. The van der Waals surface area contributed by atoms with Gasteiger partial charge in [0, 0.05) is 25.2 Å². The van der Waals surface area contributed by atoms with Crippen molar-refractivity contribution in [2.45, 2.75) is 30.8 Å². The van der Waals surface area contributed by atoms with E-state index in [2.05, 4.69) is 5.32 Å². The molecule has 0 aliphatic carbocycles. The lowest BCUT2D eigenvalue weighted by Crippen LogP contribution is -2.57. The monoisotopic (exact) mass is 322 g/mol. The van der Waals surface area contributed by atoms with Crippen LogP contribution in [0.2, 0.25) is 10.0 Å². The summed E-state index contributed by atoms with van der Waals surface area (Å²) >= 11 is 12.0. The highest BCUT2D eigenvalue weighted by Crippen LogP contribution is 2.33. The van der Waals surface area contributed by atoms with Gasteiger partial charge in [0.2, 0.25) is 10.0 Å². The lowest BCUT2D eigenvalue weighted by atomic mass is 10.2. The van der Waals surface area contributed by atoms with Gasteiger partial charge in [0.25, 0.3) is 0 Å². The van der Waals surface area contributed by atoms with E-state index >= 15 is 0 Å². The normalized spacial score (nSPS) is 25.5. The fourth-order valence-corrected chi connectivity index (χ4v) is 5.34. The second kappa shape index (κ2) is 5.58. The summed E-state index contributed by atoms with van der Waals surface area (Å²) in [6.45, 7) is 4.97. The smallest absolute Gasteiger partial charge is 0.246 e. The minimum absolute atomic E-state index is 0.000988. The fraction of sp³-hybridized carbons (Fsp3) is 0.500. The summed E-state index contributed by atoms with van der Waals surface area (Å²) in [6, 6.07) is 4.44. The Balaban J connectivity index is 2.53. The molecule has 106 valence electrons. The van der Waals surface area contributed by atoms with E-state index in [9.17, 15) is 8.42 Å². The summed E-state index contributed by atoms with van der Waals surface area (Å²) in [4.78, 5) is -0.000988. The minimum atomic E-state index is -3.69. The van der Waals surface area contributed by atoms with Crippen LogP contribution in [0.1, 0.15) is 13.8 Å². The highest BCUT2D eigenvalue weighted by molar-refractivity contribution is 7.89. The average molecular weight is 323 g/mol. The van der Waals surface area contributed by atoms with E-state index in [-0.39, 0.29) is 27.0 Å². The van der Waals surface area contributed by atoms with Gasteiger partial charge in [0.05, 0.1) is 10.0 Å². The van der Waals surface area contributed by atoms with Crippen LogP contribution < -0.4 is 5.32 Å². The summed E-state index contributed by atoms with van der Waals surface area (Å²) in [5.41, 5.74) is 0. The maximum atomic E-state index is 12.8. The largest absolute Gasteiger partial charge is 0.314 e. The van der Waals surface area contributed by atoms with Gasteiger partial charge in [-0.1, -0.05) is 29.3 Å². The molecular formula is C12H16Cl2N2O2S. The first-order valence-corrected chi connectivity index (χ1v) is 8.23. The van der Waals surface area contributed by atoms with E-state index in [1.807, 2.05) is 13.8 Å². The van der Waals surface area contributed by atoms with Crippen LogP contribution in [0.25, 0.3) is 0 Å². The van der Waals surface area contributed by atoms with Gasteiger partial charge in [-0.05, 0) is 26.0 Å². The number of nitrogens with one attached hydrogen (secondary N) is 1. The van der Waals surface area contributed by atoms with Crippen LogP contribution in [0.5, 0.6) is 0 Å². The maximum absolute atomic E-state index is 12.8. The molecule has 0 saturated carbocycles. The summed E-state index contributed by atoms with van der Waals surface area (Å²) < 4.78 is 27.0. The first-order valence-electron chi connectivity index (χ1n) is 6.04. The van der Waals surface area contributed by atoms with Gasteiger partial charge in [-0.3, -0.25) is 0 Å². The number of halogens is 2. The van der Waals surface area contributed by atoms with Gasteiger partial charge < -0.3 is 5.32 Å². The Morgan fingerprint density at radius 3 is 2.11 bits per heavy atom. The highest BCUT2D eigenvalue weighted by Gasteiger charge is 2.37. The number of rotatable bonds is 2. The van der Waals surface area contributed by atoms with Crippen molar-refractivity contribution in [3.05, 3.63) is 28.2 Å². The molecule has 4 nitrogen and oxygen atoms in total. The van der Waals surface area contributed by atoms with Crippen LogP contribution in [0, 0.1) is 0 Å². The molecule has 1 saturated heterocycles. The Bertz CT molecular complexity index is 547. The molecule has 2 atom stereocenters. The lowest BCUT2D eigenvalue weighted by molar-refractivity contribution is 0.220. The number of piperazine rings is 1. The van der Waals surface area contributed by atoms with Crippen molar-refractivity contribution in [1.82, 2.24) is 9.62 Å². The first-order chi connectivity index (χ1) is 8.85. The van der Waals surface area contributed by atoms with Crippen molar-refractivity contribution in [3.8, 4) is 0 Å². The van der Waals surface area contributed by atoms with Crippen LogP contribution in [-0.4, -0.2) is 37.9 Å². The second-order valence-electron chi connectivity index (χ2n) is 4.74. The molecule has 0 spiro atoms. The Kier molecular flexibility index (Phi) is 4.42. The molecule has 1 N–H and O–H groups in total. The molecule has 0 amide bonds. The standard InChI is InChI=1S/C12H16Cl2N2O2S/c1-8-6-15-7-9(2)16(8)19(17,18)12-10(13)4-3-5-11(12)14/h3-5,8-9,15H,6-7H2,1-2H3. The highest BCUT2D eigenvalue weighted by atomic mass is 35.5. The van der Waals surface area contributed by atoms with E-state index in [1.165, 1.54) is 16.4 Å². The number of sulfonamides is 1. The third kappa shape index (κ3) is 2.76. The second-order valence-corrected chi connectivity index (χ2v) is 7.34. The summed E-state index contributed by atoms with van der Waals surface area (Å²) in [5, 5.41) is 3.51. The van der Waals surface area contributed by atoms with Crippen molar-refractivity contribution in [1.29, 1.82) is 0 Å². The Morgan fingerprint density at radius 1 is 1.16 bits per heavy atom. The fourth-order valence-electron chi connectivity index (χ4n) is 2.42. The van der Waals surface area contributed by atoms with E-state index in [4.69, 9.17) is 23.2 Å². The molecule has 1 aromatic rings. The SMILES string of the molecule is CC1CNCC(C)N1S(=O)(=O)c1c(Cl)cccc1Cl. The number of benzene rings is 1. The zero-order valence-electron chi connectivity index (χ0n) is 10.7. The van der Waals surface area contributed by atoms with Crippen molar-refractivity contribution >= 4 is 33.2 Å². The molecule has 1 heterocycles. The van der Waals surface area contributed by atoms with E-state index in [1.54, 1.807) is 6.07 Å². The van der Waals surface area contributed by atoms with E-state index < -0.39 is 10.0 Å². The number of nitrogens with zero attached hydrogens (tertiary/aromatic N) is 1. The molecule has 1 aliphatic heterocycles. The Morgan fingerprint density at radius 2 is 1.63 bits per heavy atom. The quantitative estimate of drug-likeness (QED) is 0.909. The molecule has 0 aromatic heterocycles. The molecule has 1 fully saturated rings. The van der Waals surface area contributed by atoms with Gasteiger partial charge in [-0.15, -0.1) is 0 Å². The molecule has 1 aliphatic rings.